The number of H-pyrrole nitrogens is 2. The van der Waals surface area contributed by atoms with Crippen LogP contribution in [0.1, 0.15) is 27.2 Å². The molecule has 1 aliphatic rings. The lowest BCUT2D eigenvalue weighted by Gasteiger charge is -2.17. The van der Waals surface area contributed by atoms with E-state index in [1.807, 2.05) is 63.2 Å². The molecule has 41 heavy (non-hydrogen) atoms. The highest BCUT2D eigenvalue weighted by Crippen LogP contribution is 2.38. The zero-order valence-electron chi connectivity index (χ0n) is 22.6. The number of rotatable bonds is 5. The summed E-state index contributed by atoms with van der Waals surface area (Å²) >= 11 is 0. The maximum Gasteiger partial charge on any atom is 0.231 e. The SMILES string of the molecule is CC(C)(C)CC(=O)Nc1cncc(-c2ccc3[nH]nc(-c4nc5nccc(-c6ccc7c(c6)OCO7)c5[nH]4)c3n2)c1. The van der Waals surface area contributed by atoms with Crippen molar-refractivity contribution in [3.05, 3.63) is 61.1 Å². The number of aromatic nitrogens is 7. The van der Waals surface area contributed by atoms with Gasteiger partial charge in [-0.15, -0.1) is 0 Å². The summed E-state index contributed by atoms with van der Waals surface area (Å²) in [6.45, 7) is 6.30. The van der Waals surface area contributed by atoms with Gasteiger partial charge in [0.2, 0.25) is 12.7 Å². The minimum atomic E-state index is -0.114. The molecule has 0 atom stereocenters. The van der Waals surface area contributed by atoms with E-state index in [1.165, 1.54) is 0 Å². The first-order valence-corrected chi connectivity index (χ1v) is 13.2. The number of carbonyl (C=O) groups excluding carboxylic acids is 1. The first kappa shape index (κ1) is 24.7. The predicted molar refractivity (Wildman–Crippen MR) is 154 cm³/mol. The summed E-state index contributed by atoms with van der Waals surface area (Å²) in [5.74, 6) is 1.91. The largest absolute Gasteiger partial charge is 0.454 e. The minimum Gasteiger partial charge on any atom is -0.454 e. The van der Waals surface area contributed by atoms with Crippen molar-refractivity contribution in [2.24, 2.45) is 5.41 Å². The Labute approximate surface area is 234 Å². The number of nitrogens with zero attached hydrogens (tertiary/aromatic N) is 5. The van der Waals surface area contributed by atoms with Crippen LogP contribution in [0.25, 0.3) is 56.1 Å². The number of aromatic amines is 2. The molecule has 0 spiro atoms. The third-order valence-corrected chi connectivity index (χ3v) is 6.72. The van der Waals surface area contributed by atoms with Gasteiger partial charge in [0.15, 0.2) is 28.7 Å². The number of fused-ring (bicyclic) bond motifs is 3. The number of imidazole rings is 1. The van der Waals surface area contributed by atoms with E-state index in [-0.39, 0.29) is 18.1 Å². The van der Waals surface area contributed by atoms with Crippen molar-refractivity contribution in [1.82, 2.24) is 35.1 Å². The second kappa shape index (κ2) is 9.40. The molecule has 11 heteroatoms. The maximum atomic E-state index is 12.5. The van der Waals surface area contributed by atoms with Gasteiger partial charge in [-0.25, -0.2) is 15.0 Å². The Morgan fingerprint density at radius 3 is 2.76 bits per heavy atom. The number of hydrogen-bond donors (Lipinski definition) is 3. The molecule has 7 rings (SSSR count). The standard InChI is InChI=1S/C30H26N8O3/c1-30(2,3)12-24(39)33-18-10-17(13-31-14-18)20-5-6-21-26(34-20)27(38-37-21)29-35-25-19(8-9-32-28(25)36-29)16-4-7-22-23(11-16)41-15-40-22/h4-11,13-14H,12,15H2,1-3H3,(H,33,39)(H,37,38)(H,32,35,36). The highest BCUT2D eigenvalue weighted by molar-refractivity contribution is 5.95. The molecule has 0 unspecified atom stereocenters. The molecule has 5 aromatic heterocycles. The highest BCUT2D eigenvalue weighted by atomic mass is 16.7. The Balaban J connectivity index is 1.24. The number of ether oxygens (including phenoxy) is 2. The Bertz CT molecular complexity index is 1950. The fourth-order valence-corrected chi connectivity index (χ4v) is 4.89. The third kappa shape index (κ3) is 4.71. The summed E-state index contributed by atoms with van der Waals surface area (Å²) in [7, 11) is 0. The summed E-state index contributed by atoms with van der Waals surface area (Å²) in [6.07, 6.45) is 5.48. The quantitative estimate of drug-likeness (QED) is 0.249. The van der Waals surface area contributed by atoms with E-state index in [2.05, 4.69) is 30.5 Å². The number of anilines is 1. The van der Waals surface area contributed by atoms with Crippen molar-refractivity contribution in [2.45, 2.75) is 27.2 Å². The molecule has 0 radical (unpaired) electrons. The van der Waals surface area contributed by atoms with Gasteiger partial charge in [0.1, 0.15) is 5.52 Å². The normalized spacial score (nSPS) is 12.8. The molecule has 0 saturated heterocycles. The van der Waals surface area contributed by atoms with Gasteiger partial charge in [-0.2, -0.15) is 5.10 Å². The van der Waals surface area contributed by atoms with E-state index < -0.39 is 0 Å². The summed E-state index contributed by atoms with van der Waals surface area (Å²) in [5, 5.41) is 10.5. The smallest absolute Gasteiger partial charge is 0.231 e. The summed E-state index contributed by atoms with van der Waals surface area (Å²) < 4.78 is 11.0. The van der Waals surface area contributed by atoms with Crippen LogP contribution in [-0.4, -0.2) is 47.8 Å². The third-order valence-electron chi connectivity index (χ3n) is 6.72. The lowest BCUT2D eigenvalue weighted by Crippen LogP contribution is -2.19. The Kier molecular flexibility index (Phi) is 5.67. The first-order chi connectivity index (χ1) is 19.8. The van der Waals surface area contributed by atoms with Crippen LogP contribution < -0.4 is 14.8 Å². The van der Waals surface area contributed by atoms with Crippen molar-refractivity contribution in [3.63, 3.8) is 0 Å². The van der Waals surface area contributed by atoms with Crippen LogP contribution in [0.15, 0.2) is 61.1 Å². The zero-order chi connectivity index (χ0) is 28.1. The second-order valence-corrected chi connectivity index (χ2v) is 11.1. The van der Waals surface area contributed by atoms with Gasteiger partial charge < -0.3 is 19.8 Å². The molecule has 6 aromatic rings. The van der Waals surface area contributed by atoms with Crippen LogP contribution in [0.4, 0.5) is 5.69 Å². The van der Waals surface area contributed by atoms with Gasteiger partial charge in [0.25, 0.3) is 0 Å². The highest BCUT2D eigenvalue weighted by Gasteiger charge is 2.20. The molecule has 204 valence electrons. The molecule has 1 amide bonds. The van der Waals surface area contributed by atoms with Crippen molar-refractivity contribution in [1.29, 1.82) is 0 Å². The molecule has 3 N–H and O–H groups in total. The average Bonchev–Trinajstić information content (AvgIpc) is 3.68. The fraction of sp³-hybridized carbons (Fsp3) is 0.200. The Morgan fingerprint density at radius 1 is 1.00 bits per heavy atom. The van der Waals surface area contributed by atoms with E-state index in [9.17, 15) is 4.79 Å². The molecule has 0 bridgehead atoms. The topological polar surface area (TPSA) is 144 Å². The van der Waals surface area contributed by atoms with Gasteiger partial charge in [-0.3, -0.25) is 14.9 Å². The number of benzene rings is 1. The lowest BCUT2D eigenvalue weighted by atomic mass is 9.92. The van der Waals surface area contributed by atoms with Crippen LogP contribution in [0, 0.1) is 5.41 Å². The number of nitrogens with one attached hydrogen (secondary N) is 3. The van der Waals surface area contributed by atoms with Crippen LogP contribution in [0.5, 0.6) is 11.5 Å². The van der Waals surface area contributed by atoms with Crippen molar-refractivity contribution in [2.75, 3.05) is 12.1 Å². The van der Waals surface area contributed by atoms with Gasteiger partial charge in [-0.1, -0.05) is 26.8 Å². The van der Waals surface area contributed by atoms with Gasteiger partial charge in [0.05, 0.1) is 28.6 Å². The van der Waals surface area contributed by atoms with Crippen molar-refractivity contribution in [3.8, 4) is 45.4 Å². The number of hydrogen-bond acceptors (Lipinski definition) is 8. The van der Waals surface area contributed by atoms with E-state index >= 15 is 0 Å². The Morgan fingerprint density at radius 2 is 1.88 bits per heavy atom. The second-order valence-electron chi connectivity index (χ2n) is 11.1. The molecule has 11 nitrogen and oxygen atoms in total. The monoisotopic (exact) mass is 546 g/mol. The van der Waals surface area contributed by atoms with Crippen LogP contribution in [-0.2, 0) is 4.79 Å². The van der Waals surface area contributed by atoms with Crippen LogP contribution in [0.2, 0.25) is 0 Å². The number of pyridine rings is 3. The van der Waals surface area contributed by atoms with Crippen LogP contribution >= 0.6 is 0 Å². The molecular weight excluding hydrogens is 520 g/mol. The van der Waals surface area contributed by atoms with Crippen LogP contribution in [0.3, 0.4) is 0 Å². The Hall–Kier alpha value is -5.32. The first-order valence-electron chi connectivity index (χ1n) is 13.2. The number of carbonyl (C=O) groups is 1. The lowest BCUT2D eigenvalue weighted by molar-refractivity contribution is -0.117. The van der Waals surface area contributed by atoms with Crippen molar-refractivity contribution < 1.29 is 14.3 Å². The predicted octanol–water partition coefficient (Wildman–Crippen LogP) is 5.73. The summed E-state index contributed by atoms with van der Waals surface area (Å²) in [6, 6.07) is 13.4. The van der Waals surface area contributed by atoms with Gasteiger partial charge >= 0.3 is 0 Å². The van der Waals surface area contributed by atoms with E-state index in [0.717, 1.165) is 33.5 Å². The summed E-state index contributed by atoms with van der Waals surface area (Å²) in [4.78, 5) is 34.3. The zero-order valence-corrected chi connectivity index (χ0v) is 22.6. The van der Waals surface area contributed by atoms with Gasteiger partial charge in [0, 0.05) is 29.9 Å². The molecule has 0 saturated carbocycles. The molecule has 1 aliphatic heterocycles. The van der Waals surface area contributed by atoms with Crippen molar-refractivity contribution >= 4 is 33.8 Å². The summed E-state index contributed by atoms with van der Waals surface area (Å²) in [5.41, 5.74) is 7.15. The van der Waals surface area contributed by atoms with E-state index in [4.69, 9.17) is 19.4 Å². The average molecular weight is 547 g/mol. The van der Waals surface area contributed by atoms with E-state index in [0.29, 0.717) is 46.2 Å². The molecule has 0 aliphatic carbocycles. The van der Waals surface area contributed by atoms with E-state index in [1.54, 1.807) is 18.6 Å². The fourth-order valence-electron chi connectivity index (χ4n) is 4.89. The molecular formula is C30H26N8O3. The minimum absolute atomic E-state index is 0.0596. The maximum absolute atomic E-state index is 12.5. The molecule has 0 fully saturated rings. The molecule has 6 heterocycles. The van der Waals surface area contributed by atoms with Gasteiger partial charge in [-0.05, 0) is 47.4 Å². The number of amides is 1. The molecule has 1 aromatic carbocycles.